The highest BCUT2D eigenvalue weighted by Crippen LogP contribution is 2.25. The zero-order valence-electron chi connectivity index (χ0n) is 10.5. The van der Waals surface area contributed by atoms with Crippen molar-refractivity contribution in [3.8, 4) is 11.9 Å². The van der Waals surface area contributed by atoms with Crippen LogP contribution in [0.2, 0.25) is 0 Å². The van der Waals surface area contributed by atoms with Gasteiger partial charge < -0.3 is 4.74 Å². The Morgan fingerprint density at radius 2 is 2.18 bits per heavy atom. The third-order valence-corrected chi connectivity index (χ3v) is 2.97. The molecule has 1 aliphatic rings. The molecule has 90 valence electrons. The fourth-order valence-corrected chi connectivity index (χ4v) is 1.79. The number of hydrogen-bond donors (Lipinski definition) is 0. The lowest BCUT2D eigenvalue weighted by Crippen LogP contribution is -2.60. The molecule has 0 aromatic carbocycles. The second-order valence-corrected chi connectivity index (χ2v) is 5.28. The van der Waals surface area contributed by atoms with Crippen molar-refractivity contribution in [3.63, 3.8) is 0 Å². The summed E-state index contributed by atoms with van der Waals surface area (Å²) in [4.78, 5) is 6.44. The Morgan fingerprint density at radius 3 is 2.76 bits per heavy atom. The molecule has 1 aromatic heterocycles. The fraction of sp³-hybridized carbons (Fsp3) is 0.538. The van der Waals surface area contributed by atoms with Crippen molar-refractivity contribution in [2.45, 2.75) is 32.4 Å². The maximum Gasteiger partial charge on any atom is 0.231 e. The van der Waals surface area contributed by atoms with Gasteiger partial charge in [-0.05, 0) is 32.9 Å². The lowest BCUT2D eigenvalue weighted by molar-refractivity contribution is -0.0369. The van der Waals surface area contributed by atoms with Gasteiger partial charge in [0.15, 0.2) is 0 Å². The number of nitriles is 1. The summed E-state index contributed by atoms with van der Waals surface area (Å²) in [5.74, 6) is 0.452. The predicted molar refractivity (Wildman–Crippen MR) is 64.7 cm³/mol. The standard InChI is InChI=1S/C13H17N3O/c1-13(2,3)16-8-11(9-16)17-12-10(7-14)5-4-6-15-12/h4-6,11H,8-9H2,1-3H3. The van der Waals surface area contributed by atoms with Crippen molar-refractivity contribution in [1.82, 2.24) is 9.88 Å². The molecule has 1 fully saturated rings. The van der Waals surface area contributed by atoms with Gasteiger partial charge in [0.2, 0.25) is 5.88 Å². The van der Waals surface area contributed by atoms with Gasteiger partial charge in [-0.3, -0.25) is 4.90 Å². The minimum Gasteiger partial charge on any atom is -0.471 e. The van der Waals surface area contributed by atoms with Crippen molar-refractivity contribution >= 4 is 0 Å². The van der Waals surface area contributed by atoms with Gasteiger partial charge in [0.25, 0.3) is 0 Å². The molecule has 0 saturated carbocycles. The van der Waals surface area contributed by atoms with Crippen LogP contribution in [-0.4, -0.2) is 34.6 Å². The highest BCUT2D eigenvalue weighted by Gasteiger charge is 2.36. The Kier molecular flexibility index (Phi) is 3.03. The summed E-state index contributed by atoms with van der Waals surface area (Å²) in [6.07, 6.45) is 1.80. The Labute approximate surface area is 102 Å². The van der Waals surface area contributed by atoms with E-state index in [9.17, 15) is 0 Å². The smallest absolute Gasteiger partial charge is 0.231 e. The average molecular weight is 231 g/mol. The normalized spacial score (nSPS) is 17.3. The summed E-state index contributed by atoms with van der Waals surface area (Å²) in [5, 5.41) is 8.92. The third-order valence-electron chi connectivity index (χ3n) is 2.97. The molecule has 0 aliphatic carbocycles. The van der Waals surface area contributed by atoms with Crippen molar-refractivity contribution in [1.29, 1.82) is 5.26 Å². The lowest BCUT2D eigenvalue weighted by atomic mass is 9.99. The van der Waals surface area contributed by atoms with Gasteiger partial charge in [0.1, 0.15) is 17.7 Å². The Morgan fingerprint density at radius 1 is 1.47 bits per heavy atom. The van der Waals surface area contributed by atoms with E-state index in [2.05, 4.69) is 36.7 Å². The fourth-order valence-electron chi connectivity index (χ4n) is 1.79. The minimum absolute atomic E-state index is 0.149. The largest absolute Gasteiger partial charge is 0.471 e. The SMILES string of the molecule is CC(C)(C)N1CC(Oc2ncccc2C#N)C1. The molecule has 0 unspecified atom stereocenters. The van der Waals surface area contributed by atoms with E-state index >= 15 is 0 Å². The second-order valence-electron chi connectivity index (χ2n) is 5.28. The van der Waals surface area contributed by atoms with E-state index in [1.807, 2.05) is 0 Å². The first-order valence-corrected chi connectivity index (χ1v) is 5.77. The van der Waals surface area contributed by atoms with E-state index in [1.165, 1.54) is 0 Å². The van der Waals surface area contributed by atoms with Crippen LogP contribution in [0, 0.1) is 11.3 Å². The molecule has 4 nitrogen and oxygen atoms in total. The molecule has 17 heavy (non-hydrogen) atoms. The molecule has 2 heterocycles. The number of pyridine rings is 1. The summed E-state index contributed by atoms with van der Waals surface area (Å²) in [5.41, 5.74) is 0.684. The molecule has 0 spiro atoms. The average Bonchev–Trinajstić information content (AvgIpc) is 2.21. The van der Waals surface area contributed by atoms with Gasteiger partial charge in [0, 0.05) is 24.8 Å². The van der Waals surface area contributed by atoms with Crippen LogP contribution in [0.25, 0.3) is 0 Å². The van der Waals surface area contributed by atoms with Crippen LogP contribution >= 0.6 is 0 Å². The predicted octanol–water partition coefficient (Wildman–Crippen LogP) is 1.81. The molecule has 4 heteroatoms. The quantitative estimate of drug-likeness (QED) is 0.779. The van der Waals surface area contributed by atoms with Crippen LogP contribution < -0.4 is 4.74 Å². The van der Waals surface area contributed by atoms with Gasteiger partial charge in [-0.15, -0.1) is 0 Å². The van der Waals surface area contributed by atoms with E-state index in [-0.39, 0.29) is 11.6 Å². The molecule has 0 N–H and O–H groups in total. The number of ether oxygens (including phenoxy) is 1. The minimum atomic E-state index is 0.149. The number of nitrogens with zero attached hydrogens (tertiary/aromatic N) is 3. The van der Waals surface area contributed by atoms with Crippen LogP contribution in [0.1, 0.15) is 26.3 Å². The summed E-state index contributed by atoms with van der Waals surface area (Å²) in [6, 6.07) is 5.56. The molecule has 2 rings (SSSR count). The second kappa shape index (κ2) is 4.34. The van der Waals surface area contributed by atoms with Crippen molar-refractivity contribution in [2.24, 2.45) is 0 Å². The molecule has 0 bridgehead atoms. The molecule has 0 amide bonds. The maximum atomic E-state index is 8.92. The van der Waals surface area contributed by atoms with E-state index in [0.29, 0.717) is 11.4 Å². The van der Waals surface area contributed by atoms with Gasteiger partial charge in [-0.2, -0.15) is 5.26 Å². The zero-order chi connectivity index (χ0) is 12.5. The van der Waals surface area contributed by atoms with Crippen molar-refractivity contribution in [2.75, 3.05) is 13.1 Å². The van der Waals surface area contributed by atoms with Gasteiger partial charge >= 0.3 is 0 Å². The molecular formula is C13H17N3O. The molecular weight excluding hydrogens is 214 g/mol. The van der Waals surface area contributed by atoms with Crippen molar-refractivity contribution in [3.05, 3.63) is 23.9 Å². The van der Waals surface area contributed by atoms with Crippen LogP contribution in [0.4, 0.5) is 0 Å². The topological polar surface area (TPSA) is 49.1 Å². The summed E-state index contributed by atoms with van der Waals surface area (Å²) >= 11 is 0. The number of likely N-dealkylation sites (tertiary alicyclic amines) is 1. The maximum absolute atomic E-state index is 8.92. The van der Waals surface area contributed by atoms with E-state index in [0.717, 1.165) is 13.1 Å². The highest BCUT2D eigenvalue weighted by molar-refractivity contribution is 5.37. The van der Waals surface area contributed by atoms with Crippen LogP contribution in [-0.2, 0) is 0 Å². The van der Waals surface area contributed by atoms with Gasteiger partial charge in [-0.25, -0.2) is 4.98 Å². The third kappa shape index (κ3) is 2.56. The Bertz CT molecular complexity index is 439. The van der Waals surface area contributed by atoms with Crippen LogP contribution in [0.5, 0.6) is 5.88 Å². The monoisotopic (exact) mass is 231 g/mol. The first kappa shape index (κ1) is 11.9. The Balaban J connectivity index is 1.95. The van der Waals surface area contributed by atoms with E-state index in [4.69, 9.17) is 10.00 Å². The molecule has 1 aromatic rings. The summed E-state index contributed by atoms with van der Waals surface area (Å²) < 4.78 is 5.72. The molecule has 1 saturated heterocycles. The van der Waals surface area contributed by atoms with Gasteiger partial charge in [0.05, 0.1) is 0 Å². The number of hydrogen-bond acceptors (Lipinski definition) is 4. The number of aromatic nitrogens is 1. The number of rotatable bonds is 2. The summed E-state index contributed by atoms with van der Waals surface area (Å²) in [7, 11) is 0. The Hall–Kier alpha value is -1.60. The van der Waals surface area contributed by atoms with Crippen LogP contribution in [0.15, 0.2) is 18.3 Å². The van der Waals surface area contributed by atoms with E-state index < -0.39 is 0 Å². The van der Waals surface area contributed by atoms with E-state index in [1.54, 1.807) is 18.3 Å². The van der Waals surface area contributed by atoms with Crippen LogP contribution in [0.3, 0.4) is 0 Å². The molecule has 0 atom stereocenters. The molecule has 0 radical (unpaired) electrons. The van der Waals surface area contributed by atoms with Crippen molar-refractivity contribution < 1.29 is 4.74 Å². The first-order valence-electron chi connectivity index (χ1n) is 5.77. The summed E-state index contributed by atoms with van der Waals surface area (Å²) in [6.45, 7) is 8.34. The lowest BCUT2D eigenvalue weighted by Gasteiger charge is -2.46. The first-order chi connectivity index (χ1) is 8.00. The zero-order valence-corrected chi connectivity index (χ0v) is 10.5. The van der Waals surface area contributed by atoms with Gasteiger partial charge in [-0.1, -0.05) is 0 Å². The molecule has 1 aliphatic heterocycles. The highest BCUT2D eigenvalue weighted by atomic mass is 16.5.